The first-order valence-corrected chi connectivity index (χ1v) is 7.26. The second-order valence-electron chi connectivity index (χ2n) is 4.40. The molecule has 0 fully saturated rings. The Bertz CT molecular complexity index is 693. The lowest BCUT2D eigenvalue weighted by Crippen LogP contribution is -2.01. The standard InChI is InChI=1S/C14H12N2O5S/c17-13(10-4-2-1-3-5-10)9-22-14-7-6-11(15(18)19)8-12(14)16(20)21/h1-8,13,17H,9H2. The Labute approximate surface area is 129 Å². The van der Waals surface area contributed by atoms with Gasteiger partial charge < -0.3 is 5.11 Å². The van der Waals surface area contributed by atoms with Crippen molar-refractivity contribution in [2.75, 3.05) is 5.75 Å². The van der Waals surface area contributed by atoms with Crippen LogP contribution in [0, 0.1) is 20.2 Å². The fraction of sp³-hybridized carbons (Fsp3) is 0.143. The molecule has 1 unspecified atom stereocenters. The zero-order valence-electron chi connectivity index (χ0n) is 11.3. The molecular weight excluding hydrogens is 308 g/mol. The molecule has 0 radical (unpaired) electrons. The molecule has 1 atom stereocenters. The summed E-state index contributed by atoms with van der Waals surface area (Å²) in [4.78, 5) is 20.6. The Balaban J connectivity index is 2.15. The first kappa shape index (κ1) is 15.9. The minimum absolute atomic E-state index is 0.211. The molecule has 0 aliphatic rings. The molecule has 0 saturated carbocycles. The van der Waals surface area contributed by atoms with Gasteiger partial charge in [0.25, 0.3) is 11.4 Å². The summed E-state index contributed by atoms with van der Waals surface area (Å²) in [5.74, 6) is 0.211. The van der Waals surface area contributed by atoms with Gasteiger partial charge in [0.1, 0.15) is 0 Å². The van der Waals surface area contributed by atoms with Crippen LogP contribution in [0.25, 0.3) is 0 Å². The number of aliphatic hydroxyl groups is 1. The molecule has 2 aromatic carbocycles. The highest BCUT2D eigenvalue weighted by Gasteiger charge is 2.20. The molecule has 0 spiro atoms. The van der Waals surface area contributed by atoms with Gasteiger partial charge in [-0.2, -0.15) is 0 Å². The van der Waals surface area contributed by atoms with Crippen LogP contribution in [0.5, 0.6) is 0 Å². The lowest BCUT2D eigenvalue weighted by Gasteiger charge is -2.10. The normalized spacial score (nSPS) is 11.9. The van der Waals surface area contributed by atoms with E-state index in [2.05, 4.69) is 0 Å². The van der Waals surface area contributed by atoms with Gasteiger partial charge in [0.15, 0.2) is 0 Å². The summed E-state index contributed by atoms with van der Waals surface area (Å²) in [6.45, 7) is 0. The highest BCUT2D eigenvalue weighted by atomic mass is 32.2. The average Bonchev–Trinajstić information content (AvgIpc) is 2.53. The van der Waals surface area contributed by atoms with Gasteiger partial charge in [-0.15, -0.1) is 11.8 Å². The number of nitro benzene ring substituents is 2. The van der Waals surface area contributed by atoms with E-state index < -0.39 is 16.0 Å². The minimum atomic E-state index is -0.777. The summed E-state index contributed by atoms with van der Waals surface area (Å²) < 4.78 is 0. The van der Waals surface area contributed by atoms with Crippen molar-refractivity contribution in [1.82, 2.24) is 0 Å². The summed E-state index contributed by atoms with van der Waals surface area (Å²) in [6, 6.07) is 12.4. The van der Waals surface area contributed by atoms with Gasteiger partial charge in [-0.25, -0.2) is 0 Å². The zero-order valence-corrected chi connectivity index (χ0v) is 12.1. The number of hydrogen-bond donors (Lipinski definition) is 1. The molecule has 0 saturated heterocycles. The number of benzene rings is 2. The van der Waals surface area contributed by atoms with Crippen LogP contribution in [0.1, 0.15) is 11.7 Å². The molecule has 1 N–H and O–H groups in total. The topological polar surface area (TPSA) is 107 Å². The van der Waals surface area contributed by atoms with E-state index in [1.165, 1.54) is 12.1 Å². The number of aliphatic hydroxyl groups excluding tert-OH is 1. The first-order chi connectivity index (χ1) is 10.5. The smallest absolute Gasteiger partial charge is 0.289 e. The van der Waals surface area contributed by atoms with E-state index >= 15 is 0 Å². The largest absolute Gasteiger partial charge is 0.388 e. The van der Waals surface area contributed by atoms with Gasteiger partial charge in [-0.3, -0.25) is 20.2 Å². The van der Waals surface area contributed by atoms with E-state index in [0.717, 1.165) is 17.8 Å². The van der Waals surface area contributed by atoms with E-state index in [1.807, 2.05) is 6.07 Å². The maximum Gasteiger partial charge on any atom is 0.289 e. The van der Waals surface area contributed by atoms with Crippen molar-refractivity contribution in [3.05, 3.63) is 74.3 Å². The molecule has 0 heterocycles. The predicted octanol–water partition coefficient (Wildman–Crippen LogP) is 3.33. The van der Waals surface area contributed by atoms with E-state index in [0.29, 0.717) is 5.56 Å². The van der Waals surface area contributed by atoms with Crippen molar-refractivity contribution >= 4 is 23.1 Å². The Morgan fingerprint density at radius 2 is 1.73 bits per heavy atom. The number of thioether (sulfide) groups is 1. The highest BCUT2D eigenvalue weighted by Crippen LogP contribution is 2.34. The van der Waals surface area contributed by atoms with Crippen LogP contribution in [-0.2, 0) is 0 Å². The molecule has 0 aromatic heterocycles. The molecule has 8 heteroatoms. The molecule has 2 rings (SSSR count). The van der Waals surface area contributed by atoms with Gasteiger partial charge in [-0.1, -0.05) is 30.3 Å². The van der Waals surface area contributed by atoms with E-state index in [4.69, 9.17) is 0 Å². The second kappa shape index (κ2) is 7.01. The Kier molecular flexibility index (Phi) is 5.08. The third-order valence-corrected chi connectivity index (χ3v) is 4.07. The Morgan fingerprint density at radius 1 is 1.05 bits per heavy atom. The lowest BCUT2D eigenvalue weighted by molar-refractivity contribution is -0.396. The summed E-state index contributed by atoms with van der Waals surface area (Å²) >= 11 is 1.08. The maximum absolute atomic E-state index is 11.0. The van der Waals surface area contributed by atoms with Crippen LogP contribution < -0.4 is 0 Å². The molecule has 0 bridgehead atoms. The molecule has 2 aromatic rings. The third kappa shape index (κ3) is 3.80. The van der Waals surface area contributed by atoms with Gasteiger partial charge in [0.05, 0.1) is 26.9 Å². The van der Waals surface area contributed by atoms with Gasteiger partial charge in [0.2, 0.25) is 0 Å². The van der Waals surface area contributed by atoms with E-state index in [-0.39, 0.29) is 22.0 Å². The van der Waals surface area contributed by atoms with Crippen LogP contribution >= 0.6 is 11.8 Å². The number of nitro groups is 2. The number of non-ortho nitro benzene ring substituents is 1. The highest BCUT2D eigenvalue weighted by molar-refractivity contribution is 7.99. The summed E-state index contributed by atoms with van der Waals surface area (Å²) in [7, 11) is 0. The van der Waals surface area contributed by atoms with Gasteiger partial charge >= 0.3 is 0 Å². The molecule has 7 nitrogen and oxygen atoms in total. The predicted molar refractivity (Wildman–Crippen MR) is 81.9 cm³/mol. The van der Waals surface area contributed by atoms with Crippen LogP contribution in [-0.4, -0.2) is 20.7 Å². The maximum atomic E-state index is 11.0. The molecular formula is C14H12N2O5S. The zero-order chi connectivity index (χ0) is 16.1. The van der Waals surface area contributed by atoms with Crippen molar-refractivity contribution in [1.29, 1.82) is 0 Å². The molecule has 0 aliphatic carbocycles. The minimum Gasteiger partial charge on any atom is -0.388 e. The van der Waals surface area contributed by atoms with Crippen LogP contribution in [0.4, 0.5) is 11.4 Å². The molecule has 0 aliphatic heterocycles. The van der Waals surface area contributed by atoms with Crippen molar-refractivity contribution in [2.24, 2.45) is 0 Å². The average molecular weight is 320 g/mol. The second-order valence-corrected chi connectivity index (χ2v) is 5.47. The molecule has 0 amide bonds. The monoisotopic (exact) mass is 320 g/mol. The van der Waals surface area contributed by atoms with Crippen LogP contribution in [0.2, 0.25) is 0 Å². The molecule has 22 heavy (non-hydrogen) atoms. The van der Waals surface area contributed by atoms with E-state index in [9.17, 15) is 25.3 Å². The van der Waals surface area contributed by atoms with Crippen LogP contribution in [0.15, 0.2) is 53.4 Å². The van der Waals surface area contributed by atoms with E-state index in [1.54, 1.807) is 24.3 Å². The number of rotatable bonds is 6. The summed E-state index contributed by atoms with van der Waals surface area (Å²) in [6.07, 6.45) is -0.777. The first-order valence-electron chi connectivity index (χ1n) is 6.27. The van der Waals surface area contributed by atoms with Crippen molar-refractivity contribution < 1.29 is 15.0 Å². The van der Waals surface area contributed by atoms with Gasteiger partial charge in [-0.05, 0) is 11.6 Å². The third-order valence-electron chi connectivity index (χ3n) is 2.93. The fourth-order valence-electron chi connectivity index (χ4n) is 1.82. The summed E-state index contributed by atoms with van der Waals surface area (Å²) in [5.41, 5.74) is 0.0404. The SMILES string of the molecule is O=[N+]([O-])c1ccc(SCC(O)c2ccccc2)c([N+](=O)[O-])c1. The Hall–Kier alpha value is -2.45. The van der Waals surface area contributed by atoms with Crippen molar-refractivity contribution in [2.45, 2.75) is 11.0 Å². The van der Waals surface area contributed by atoms with Crippen LogP contribution in [0.3, 0.4) is 0 Å². The van der Waals surface area contributed by atoms with Crippen molar-refractivity contribution in [3.8, 4) is 0 Å². The van der Waals surface area contributed by atoms with Gasteiger partial charge in [0, 0.05) is 11.8 Å². The Morgan fingerprint density at radius 3 is 2.32 bits per heavy atom. The fourth-order valence-corrected chi connectivity index (χ4v) is 2.80. The number of hydrogen-bond acceptors (Lipinski definition) is 6. The lowest BCUT2D eigenvalue weighted by atomic mass is 10.1. The quantitative estimate of drug-likeness (QED) is 0.497. The molecule has 114 valence electrons. The van der Waals surface area contributed by atoms with Crippen molar-refractivity contribution in [3.63, 3.8) is 0 Å². The number of nitrogens with zero attached hydrogens (tertiary/aromatic N) is 2. The summed E-state index contributed by atoms with van der Waals surface area (Å²) in [5, 5.41) is 31.7.